The molecule has 3 heteroatoms. The predicted molar refractivity (Wildman–Crippen MR) is 73.3 cm³/mol. The summed E-state index contributed by atoms with van der Waals surface area (Å²) < 4.78 is 0. The minimum absolute atomic E-state index is 0.00338. The molecule has 2 rings (SSSR count). The van der Waals surface area contributed by atoms with Crippen LogP contribution < -0.4 is 5.73 Å². The average molecular weight is 249 g/mol. The van der Waals surface area contributed by atoms with Gasteiger partial charge in [-0.2, -0.15) is 0 Å². The molecule has 0 amide bonds. The number of rotatable bonds is 3. The molecule has 0 aliphatic heterocycles. The first-order chi connectivity index (χ1) is 7.74. The van der Waals surface area contributed by atoms with Crippen molar-refractivity contribution in [1.82, 2.24) is 0 Å². The van der Waals surface area contributed by atoms with E-state index in [0.717, 1.165) is 0 Å². The maximum absolute atomic E-state index is 6.34. The van der Waals surface area contributed by atoms with Crippen molar-refractivity contribution in [1.29, 1.82) is 0 Å². The highest BCUT2D eigenvalue weighted by Gasteiger charge is 2.15. The van der Waals surface area contributed by atoms with Crippen LogP contribution in [0, 0.1) is 6.92 Å². The number of hydrogen-bond acceptors (Lipinski definition) is 3. The molecule has 0 radical (unpaired) electrons. The Hall–Kier alpha value is -0.770. The molecular weight excluding hydrogens is 234 g/mol. The van der Waals surface area contributed by atoms with Gasteiger partial charge in [-0.3, -0.25) is 0 Å². The minimum Gasteiger partial charge on any atom is -0.320 e. The molecule has 0 aliphatic rings. The van der Waals surface area contributed by atoms with Crippen LogP contribution in [0.25, 0.3) is 0 Å². The summed E-state index contributed by atoms with van der Waals surface area (Å²) in [6.45, 7) is 2.12. The fraction of sp³-hybridized carbons (Fsp3) is 0.231. The van der Waals surface area contributed by atoms with Crippen LogP contribution in [0.2, 0.25) is 0 Å². The fourth-order valence-corrected chi connectivity index (χ4v) is 3.36. The van der Waals surface area contributed by atoms with Crippen LogP contribution in [0.1, 0.15) is 22.0 Å². The summed E-state index contributed by atoms with van der Waals surface area (Å²) in [6, 6.07) is 10.5. The highest BCUT2D eigenvalue weighted by molar-refractivity contribution is 7.98. The Morgan fingerprint density at radius 3 is 2.62 bits per heavy atom. The largest absolute Gasteiger partial charge is 0.320 e. The van der Waals surface area contributed by atoms with Gasteiger partial charge in [0.25, 0.3) is 0 Å². The van der Waals surface area contributed by atoms with Crippen LogP contribution in [0.3, 0.4) is 0 Å². The molecule has 2 N–H and O–H groups in total. The smallest absolute Gasteiger partial charge is 0.0659 e. The Labute approximate surface area is 105 Å². The summed E-state index contributed by atoms with van der Waals surface area (Å²) in [5.41, 5.74) is 8.84. The summed E-state index contributed by atoms with van der Waals surface area (Å²) in [6.07, 6.45) is 2.09. The van der Waals surface area contributed by atoms with Crippen LogP contribution in [0.4, 0.5) is 0 Å². The van der Waals surface area contributed by atoms with Gasteiger partial charge in [-0.25, -0.2) is 0 Å². The van der Waals surface area contributed by atoms with Gasteiger partial charge >= 0.3 is 0 Å². The van der Waals surface area contributed by atoms with E-state index < -0.39 is 0 Å². The van der Waals surface area contributed by atoms with E-state index in [1.165, 1.54) is 20.9 Å². The van der Waals surface area contributed by atoms with E-state index in [-0.39, 0.29) is 6.04 Å². The van der Waals surface area contributed by atoms with Crippen molar-refractivity contribution in [3.8, 4) is 0 Å². The molecule has 0 aliphatic carbocycles. The Balaban J connectivity index is 2.41. The Bertz CT molecular complexity index is 476. The summed E-state index contributed by atoms with van der Waals surface area (Å²) in [7, 11) is 0. The van der Waals surface area contributed by atoms with Gasteiger partial charge in [-0.15, -0.1) is 23.1 Å². The molecule has 1 unspecified atom stereocenters. The summed E-state index contributed by atoms with van der Waals surface area (Å²) >= 11 is 3.49. The van der Waals surface area contributed by atoms with Gasteiger partial charge in [-0.1, -0.05) is 18.2 Å². The molecule has 0 bridgehead atoms. The van der Waals surface area contributed by atoms with Crippen molar-refractivity contribution in [2.75, 3.05) is 6.26 Å². The first-order valence-corrected chi connectivity index (χ1v) is 7.27. The third-order valence-corrected chi connectivity index (χ3v) is 4.57. The standard InChI is InChI=1S/C13H15NS2/c1-9-7-8-16-13(9)12(14)10-5-3-4-6-11(10)15-2/h3-8,12H,14H2,1-2H3. The maximum atomic E-state index is 6.34. The summed E-state index contributed by atoms with van der Waals surface area (Å²) in [5, 5.41) is 2.10. The molecule has 84 valence electrons. The van der Waals surface area contributed by atoms with Crippen LogP contribution in [0.15, 0.2) is 40.6 Å². The van der Waals surface area contributed by atoms with Crippen molar-refractivity contribution in [3.63, 3.8) is 0 Å². The van der Waals surface area contributed by atoms with E-state index in [0.29, 0.717) is 0 Å². The second kappa shape index (κ2) is 5.04. The third kappa shape index (κ3) is 2.17. The normalized spacial score (nSPS) is 12.7. The highest BCUT2D eigenvalue weighted by atomic mass is 32.2. The Morgan fingerprint density at radius 2 is 2.00 bits per heavy atom. The quantitative estimate of drug-likeness (QED) is 0.837. The van der Waals surface area contributed by atoms with Crippen molar-refractivity contribution >= 4 is 23.1 Å². The predicted octanol–water partition coefficient (Wildman–Crippen LogP) is 3.83. The zero-order valence-electron chi connectivity index (χ0n) is 9.44. The average Bonchev–Trinajstić information content (AvgIpc) is 2.74. The second-order valence-electron chi connectivity index (χ2n) is 3.69. The number of hydrogen-bond donors (Lipinski definition) is 1. The van der Waals surface area contributed by atoms with Crippen LogP contribution >= 0.6 is 23.1 Å². The molecule has 1 heterocycles. The minimum atomic E-state index is 0.00338. The van der Waals surface area contributed by atoms with Crippen molar-refractivity contribution < 1.29 is 0 Å². The molecule has 1 aromatic carbocycles. The monoisotopic (exact) mass is 249 g/mol. The molecule has 0 saturated heterocycles. The summed E-state index contributed by atoms with van der Waals surface area (Å²) in [5.74, 6) is 0. The topological polar surface area (TPSA) is 26.0 Å². The van der Waals surface area contributed by atoms with Gasteiger partial charge in [-0.05, 0) is 41.8 Å². The van der Waals surface area contributed by atoms with E-state index in [4.69, 9.17) is 5.73 Å². The zero-order valence-corrected chi connectivity index (χ0v) is 11.1. The Kier molecular flexibility index (Phi) is 3.69. The highest BCUT2D eigenvalue weighted by Crippen LogP contribution is 2.32. The molecule has 2 aromatic rings. The van der Waals surface area contributed by atoms with Crippen LogP contribution in [0.5, 0.6) is 0 Å². The SMILES string of the molecule is CSc1ccccc1C(N)c1sccc1C. The lowest BCUT2D eigenvalue weighted by atomic mass is 10.0. The number of thioether (sulfide) groups is 1. The van der Waals surface area contributed by atoms with Crippen molar-refractivity contribution in [2.45, 2.75) is 17.9 Å². The maximum Gasteiger partial charge on any atom is 0.0659 e. The van der Waals surface area contributed by atoms with E-state index in [1.54, 1.807) is 23.1 Å². The van der Waals surface area contributed by atoms with E-state index in [1.807, 2.05) is 0 Å². The van der Waals surface area contributed by atoms with Crippen LogP contribution in [-0.4, -0.2) is 6.26 Å². The van der Waals surface area contributed by atoms with Crippen molar-refractivity contribution in [2.24, 2.45) is 5.73 Å². The molecule has 16 heavy (non-hydrogen) atoms. The lowest BCUT2D eigenvalue weighted by molar-refractivity contribution is 0.861. The van der Waals surface area contributed by atoms with Gasteiger partial charge in [0.2, 0.25) is 0 Å². The van der Waals surface area contributed by atoms with Gasteiger partial charge in [0.1, 0.15) is 0 Å². The lowest BCUT2D eigenvalue weighted by Gasteiger charge is -2.15. The van der Waals surface area contributed by atoms with E-state index >= 15 is 0 Å². The second-order valence-corrected chi connectivity index (χ2v) is 5.48. The van der Waals surface area contributed by atoms with Gasteiger partial charge in [0, 0.05) is 9.77 Å². The van der Waals surface area contributed by atoms with Gasteiger partial charge in [0.15, 0.2) is 0 Å². The third-order valence-electron chi connectivity index (χ3n) is 2.66. The fourth-order valence-electron chi connectivity index (χ4n) is 1.77. The van der Waals surface area contributed by atoms with Gasteiger partial charge < -0.3 is 5.73 Å². The number of nitrogens with two attached hydrogens (primary N) is 1. The first-order valence-electron chi connectivity index (χ1n) is 5.16. The molecular formula is C13H15NS2. The molecule has 0 saturated carbocycles. The van der Waals surface area contributed by atoms with Crippen molar-refractivity contribution in [3.05, 3.63) is 51.7 Å². The summed E-state index contributed by atoms with van der Waals surface area (Å²) in [4.78, 5) is 2.53. The number of thiophene rings is 1. The lowest BCUT2D eigenvalue weighted by Crippen LogP contribution is -2.12. The van der Waals surface area contributed by atoms with Gasteiger partial charge in [0.05, 0.1) is 6.04 Å². The molecule has 0 spiro atoms. The Morgan fingerprint density at radius 1 is 1.25 bits per heavy atom. The van der Waals surface area contributed by atoms with Crippen LogP contribution in [-0.2, 0) is 0 Å². The van der Waals surface area contributed by atoms with E-state index in [2.05, 4.69) is 48.9 Å². The molecule has 1 atom stereocenters. The molecule has 1 nitrogen and oxygen atoms in total. The molecule has 1 aromatic heterocycles. The zero-order chi connectivity index (χ0) is 11.5. The van der Waals surface area contributed by atoms with E-state index in [9.17, 15) is 0 Å². The number of aryl methyl sites for hydroxylation is 1. The first kappa shape index (κ1) is 11.7. The number of benzene rings is 1. The molecule has 0 fully saturated rings.